The molecule has 0 spiro atoms. The van der Waals surface area contributed by atoms with Gasteiger partial charge in [-0.15, -0.1) is 0 Å². The topological polar surface area (TPSA) is 55.8 Å². The molecular weight excluding hydrogens is 311 g/mol. The van der Waals surface area contributed by atoms with Crippen LogP contribution in [0.3, 0.4) is 0 Å². The third kappa shape index (κ3) is 4.93. The maximum absolute atomic E-state index is 10.5. The fraction of sp³-hybridized carbons (Fsp3) is 0.364. The highest BCUT2D eigenvalue weighted by atomic mass is 79.9. The zero-order valence-corrected chi connectivity index (χ0v) is 11.5. The van der Waals surface area contributed by atoms with Crippen LogP contribution in [0, 0.1) is 0 Å². The molecule has 1 aromatic carbocycles. The first-order valence-corrected chi connectivity index (χ1v) is 6.10. The summed E-state index contributed by atoms with van der Waals surface area (Å²) in [5.74, 6) is -0.348. The van der Waals surface area contributed by atoms with Crippen LogP contribution in [-0.2, 0) is 9.53 Å². The smallest absolute Gasteiger partial charge is 0.332 e. The second-order valence-electron chi connectivity index (χ2n) is 3.27. The third-order valence-corrected chi connectivity index (χ3v) is 2.81. The van der Waals surface area contributed by atoms with E-state index in [0.29, 0.717) is 10.8 Å². The number of carboxylic acid groups (broad SMARTS) is 1. The molecule has 0 amide bonds. The molecular formula is C11H12BrClO4. The van der Waals surface area contributed by atoms with Crippen molar-refractivity contribution in [3.63, 3.8) is 0 Å². The Bertz CT molecular complexity index is 397. The Kier molecular flexibility index (Phi) is 5.74. The zero-order valence-electron chi connectivity index (χ0n) is 9.15. The number of rotatable bonds is 6. The Labute approximate surface area is 113 Å². The first kappa shape index (κ1) is 14.3. The van der Waals surface area contributed by atoms with Crippen molar-refractivity contribution in [1.29, 1.82) is 0 Å². The zero-order chi connectivity index (χ0) is 12.8. The van der Waals surface area contributed by atoms with E-state index in [2.05, 4.69) is 15.9 Å². The molecule has 1 rings (SSSR count). The van der Waals surface area contributed by atoms with E-state index in [1.165, 1.54) is 6.92 Å². The highest BCUT2D eigenvalue weighted by Gasteiger charge is 2.10. The Morgan fingerprint density at radius 3 is 2.82 bits per heavy atom. The van der Waals surface area contributed by atoms with Crippen LogP contribution in [0.4, 0.5) is 0 Å². The highest BCUT2D eigenvalue weighted by Crippen LogP contribution is 2.27. The van der Waals surface area contributed by atoms with Crippen molar-refractivity contribution in [3.05, 3.63) is 27.7 Å². The summed E-state index contributed by atoms with van der Waals surface area (Å²) in [6.45, 7) is 1.96. The summed E-state index contributed by atoms with van der Waals surface area (Å²) < 4.78 is 11.2. The molecule has 0 unspecified atom stereocenters. The molecule has 0 aliphatic carbocycles. The van der Waals surface area contributed by atoms with Gasteiger partial charge in [-0.25, -0.2) is 4.79 Å². The van der Waals surface area contributed by atoms with Gasteiger partial charge in [0, 0.05) is 5.02 Å². The van der Waals surface area contributed by atoms with Gasteiger partial charge in [0.15, 0.2) is 6.10 Å². The van der Waals surface area contributed by atoms with Crippen molar-refractivity contribution < 1.29 is 19.4 Å². The lowest BCUT2D eigenvalue weighted by atomic mass is 10.3. The average molecular weight is 324 g/mol. The second kappa shape index (κ2) is 6.83. The van der Waals surface area contributed by atoms with Gasteiger partial charge >= 0.3 is 5.97 Å². The maximum Gasteiger partial charge on any atom is 0.332 e. The second-order valence-corrected chi connectivity index (χ2v) is 4.57. The number of ether oxygens (including phenoxy) is 2. The minimum atomic E-state index is -0.988. The third-order valence-electron chi connectivity index (χ3n) is 1.95. The fourth-order valence-electron chi connectivity index (χ4n) is 1.04. The van der Waals surface area contributed by atoms with Crippen LogP contribution >= 0.6 is 27.5 Å². The lowest BCUT2D eigenvalue weighted by Gasteiger charge is -2.10. The molecule has 0 fully saturated rings. The van der Waals surface area contributed by atoms with Crippen LogP contribution in [0.2, 0.25) is 5.02 Å². The van der Waals surface area contributed by atoms with Gasteiger partial charge in [-0.1, -0.05) is 11.6 Å². The minimum absolute atomic E-state index is 0.211. The first-order chi connectivity index (χ1) is 8.00. The van der Waals surface area contributed by atoms with Crippen LogP contribution in [0.1, 0.15) is 6.92 Å². The Morgan fingerprint density at radius 2 is 2.24 bits per heavy atom. The van der Waals surface area contributed by atoms with E-state index in [-0.39, 0.29) is 13.2 Å². The molecule has 0 saturated heterocycles. The van der Waals surface area contributed by atoms with Crippen molar-refractivity contribution in [1.82, 2.24) is 0 Å². The minimum Gasteiger partial charge on any atom is -0.490 e. The van der Waals surface area contributed by atoms with E-state index in [1.807, 2.05) is 0 Å². The van der Waals surface area contributed by atoms with E-state index in [1.54, 1.807) is 18.2 Å². The van der Waals surface area contributed by atoms with Crippen molar-refractivity contribution in [2.75, 3.05) is 13.2 Å². The normalized spacial score (nSPS) is 12.2. The van der Waals surface area contributed by atoms with Gasteiger partial charge in [-0.05, 0) is 41.1 Å². The quantitative estimate of drug-likeness (QED) is 0.818. The predicted molar refractivity (Wildman–Crippen MR) is 67.7 cm³/mol. The van der Waals surface area contributed by atoms with Crippen LogP contribution in [-0.4, -0.2) is 30.4 Å². The van der Waals surface area contributed by atoms with Gasteiger partial charge in [0.25, 0.3) is 0 Å². The van der Waals surface area contributed by atoms with Gasteiger partial charge in [0.05, 0.1) is 11.1 Å². The lowest BCUT2D eigenvalue weighted by molar-refractivity contribution is -0.149. The van der Waals surface area contributed by atoms with Crippen LogP contribution < -0.4 is 4.74 Å². The molecule has 1 aromatic rings. The fourth-order valence-corrected chi connectivity index (χ4v) is 1.84. The number of hydrogen-bond acceptors (Lipinski definition) is 3. The average Bonchev–Trinajstić information content (AvgIpc) is 2.26. The largest absolute Gasteiger partial charge is 0.490 e. The molecule has 0 aliphatic heterocycles. The van der Waals surface area contributed by atoms with E-state index in [9.17, 15) is 4.79 Å². The Balaban J connectivity index is 2.34. The van der Waals surface area contributed by atoms with E-state index in [0.717, 1.165) is 4.47 Å². The van der Waals surface area contributed by atoms with Crippen molar-refractivity contribution in [3.8, 4) is 5.75 Å². The summed E-state index contributed by atoms with van der Waals surface area (Å²) in [5, 5.41) is 9.20. The molecule has 94 valence electrons. The molecule has 17 heavy (non-hydrogen) atoms. The SMILES string of the molecule is C[C@@H](OCCOc1ccc(Cl)cc1Br)C(=O)O. The van der Waals surface area contributed by atoms with Gasteiger partial charge < -0.3 is 14.6 Å². The lowest BCUT2D eigenvalue weighted by Crippen LogP contribution is -2.22. The highest BCUT2D eigenvalue weighted by molar-refractivity contribution is 9.10. The number of halogens is 2. The summed E-state index contributed by atoms with van der Waals surface area (Å²) >= 11 is 9.09. The molecule has 1 atom stereocenters. The van der Waals surface area contributed by atoms with Crippen LogP contribution in [0.5, 0.6) is 5.75 Å². The molecule has 0 saturated carbocycles. The van der Waals surface area contributed by atoms with Gasteiger partial charge in [-0.3, -0.25) is 0 Å². The van der Waals surface area contributed by atoms with Crippen molar-refractivity contribution >= 4 is 33.5 Å². The molecule has 0 heterocycles. The van der Waals surface area contributed by atoms with E-state index >= 15 is 0 Å². The van der Waals surface area contributed by atoms with Gasteiger partial charge in [0.2, 0.25) is 0 Å². The summed E-state index contributed by atoms with van der Waals surface area (Å²) in [4.78, 5) is 10.5. The molecule has 0 aromatic heterocycles. The number of carboxylic acids is 1. The van der Waals surface area contributed by atoms with Crippen molar-refractivity contribution in [2.24, 2.45) is 0 Å². The predicted octanol–water partition coefficient (Wildman–Crippen LogP) is 2.97. The molecule has 6 heteroatoms. The molecule has 0 bridgehead atoms. The number of benzene rings is 1. The number of aliphatic carboxylic acids is 1. The van der Waals surface area contributed by atoms with Gasteiger partial charge in [0.1, 0.15) is 12.4 Å². The Morgan fingerprint density at radius 1 is 1.53 bits per heavy atom. The monoisotopic (exact) mass is 322 g/mol. The number of carbonyl (C=O) groups is 1. The molecule has 4 nitrogen and oxygen atoms in total. The van der Waals surface area contributed by atoms with E-state index in [4.69, 9.17) is 26.2 Å². The molecule has 0 radical (unpaired) electrons. The summed E-state index contributed by atoms with van der Waals surface area (Å²) in [6, 6.07) is 5.16. The van der Waals surface area contributed by atoms with E-state index < -0.39 is 12.1 Å². The standard InChI is InChI=1S/C11H12BrClO4/c1-7(11(14)15)16-4-5-17-10-3-2-8(13)6-9(10)12/h2-3,6-7H,4-5H2,1H3,(H,14,15)/t7-/m1/s1. The molecule has 0 aliphatic rings. The maximum atomic E-state index is 10.5. The summed E-state index contributed by atoms with van der Waals surface area (Å²) in [6.07, 6.45) is -0.827. The van der Waals surface area contributed by atoms with Gasteiger partial charge in [-0.2, -0.15) is 0 Å². The summed E-state index contributed by atoms with van der Waals surface area (Å²) in [5.41, 5.74) is 0. The Hall–Kier alpha value is -0.780. The summed E-state index contributed by atoms with van der Waals surface area (Å²) in [7, 11) is 0. The number of hydrogen-bond donors (Lipinski definition) is 1. The van der Waals surface area contributed by atoms with Crippen LogP contribution in [0.15, 0.2) is 22.7 Å². The van der Waals surface area contributed by atoms with Crippen LogP contribution in [0.25, 0.3) is 0 Å². The molecule has 1 N–H and O–H groups in total. The van der Waals surface area contributed by atoms with Crippen molar-refractivity contribution in [2.45, 2.75) is 13.0 Å². The first-order valence-electron chi connectivity index (χ1n) is 4.93.